The van der Waals surface area contributed by atoms with E-state index >= 15 is 0 Å². The maximum Gasteiger partial charge on any atom is 0.125 e. The highest BCUT2D eigenvalue weighted by atomic mass is 32.1. The molecule has 2 heterocycles. The molecule has 3 nitrogen and oxygen atoms in total. The van der Waals surface area contributed by atoms with Gasteiger partial charge in [-0.05, 0) is 28.8 Å². The van der Waals surface area contributed by atoms with Crippen molar-refractivity contribution in [3.63, 3.8) is 0 Å². The van der Waals surface area contributed by atoms with Gasteiger partial charge >= 0.3 is 0 Å². The van der Waals surface area contributed by atoms with Crippen molar-refractivity contribution in [1.82, 2.24) is 14.9 Å². The van der Waals surface area contributed by atoms with E-state index in [-0.39, 0.29) is 0 Å². The number of thiophene rings is 1. The van der Waals surface area contributed by atoms with E-state index in [0.29, 0.717) is 6.04 Å². The summed E-state index contributed by atoms with van der Waals surface area (Å²) >= 11 is 1.74. The molecule has 1 atom stereocenters. The summed E-state index contributed by atoms with van der Waals surface area (Å²) in [7, 11) is 2.04. The van der Waals surface area contributed by atoms with Crippen molar-refractivity contribution in [3.05, 3.63) is 40.6 Å². The Morgan fingerprint density at radius 1 is 1.56 bits per heavy atom. The van der Waals surface area contributed by atoms with Gasteiger partial charge in [0.2, 0.25) is 0 Å². The van der Waals surface area contributed by atoms with E-state index < -0.39 is 0 Å². The van der Waals surface area contributed by atoms with E-state index in [1.807, 2.05) is 19.4 Å². The van der Waals surface area contributed by atoms with Crippen LogP contribution in [0.1, 0.15) is 30.8 Å². The molecule has 0 spiro atoms. The average Bonchev–Trinajstić information content (AvgIpc) is 2.92. The van der Waals surface area contributed by atoms with Crippen molar-refractivity contribution in [1.29, 1.82) is 0 Å². The fourth-order valence-corrected chi connectivity index (χ4v) is 2.43. The molecule has 0 radical (unpaired) electrons. The maximum absolute atomic E-state index is 4.39. The van der Waals surface area contributed by atoms with Gasteiger partial charge in [0.1, 0.15) is 5.82 Å². The number of aryl methyl sites for hydroxylation is 1. The number of rotatable bonds is 5. The van der Waals surface area contributed by atoms with Gasteiger partial charge < -0.3 is 9.88 Å². The summed E-state index contributed by atoms with van der Waals surface area (Å²) in [5.74, 6) is 1.11. The molecule has 0 aliphatic heterocycles. The van der Waals surface area contributed by atoms with E-state index in [2.05, 4.69) is 38.6 Å². The Morgan fingerprint density at radius 3 is 3.00 bits per heavy atom. The number of hydrogen-bond donors (Lipinski definition) is 1. The first-order valence-electron chi connectivity index (χ1n) is 5.53. The van der Waals surface area contributed by atoms with Crippen LogP contribution in [-0.4, -0.2) is 9.55 Å². The molecule has 0 aliphatic rings. The zero-order valence-electron chi connectivity index (χ0n) is 9.68. The number of imidazole rings is 1. The second-order valence-corrected chi connectivity index (χ2v) is 4.65. The van der Waals surface area contributed by atoms with Crippen LogP contribution in [0, 0.1) is 0 Å². The fraction of sp³-hybridized carbons (Fsp3) is 0.417. The molecule has 2 rings (SSSR count). The number of nitrogens with one attached hydrogen (secondary N) is 1. The highest BCUT2D eigenvalue weighted by Crippen LogP contribution is 2.15. The predicted molar refractivity (Wildman–Crippen MR) is 67.4 cm³/mol. The van der Waals surface area contributed by atoms with Gasteiger partial charge in [-0.2, -0.15) is 11.3 Å². The zero-order chi connectivity index (χ0) is 11.4. The van der Waals surface area contributed by atoms with Gasteiger partial charge in [0.05, 0.1) is 6.04 Å². The van der Waals surface area contributed by atoms with Crippen LogP contribution in [0.4, 0.5) is 0 Å². The lowest BCUT2D eigenvalue weighted by atomic mass is 10.2. The second-order valence-electron chi connectivity index (χ2n) is 3.87. The molecule has 2 aromatic rings. The topological polar surface area (TPSA) is 29.9 Å². The Kier molecular flexibility index (Phi) is 3.74. The molecule has 16 heavy (non-hydrogen) atoms. The Labute approximate surface area is 100 Å². The van der Waals surface area contributed by atoms with Gasteiger partial charge in [-0.15, -0.1) is 0 Å². The summed E-state index contributed by atoms with van der Waals surface area (Å²) in [6.07, 6.45) is 4.89. The summed E-state index contributed by atoms with van der Waals surface area (Å²) in [5, 5.41) is 7.83. The molecule has 0 aromatic carbocycles. The number of hydrogen-bond acceptors (Lipinski definition) is 3. The summed E-state index contributed by atoms with van der Waals surface area (Å²) in [6, 6.07) is 2.49. The summed E-state index contributed by atoms with van der Waals surface area (Å²) < 4.78 is 2.08. The molecular weight excluding hydrogens is 218 g/mol. The van der Waals surface area contributed by atoms with Gasteiger partial charge in [0, 0.05) is 26.0 Å². The first-order chi connectivity index (χ1) is 7.81. The molecule has 86 valence electrons. The minimum atomic E-state index is 0.333. The predicted octanol–water partition coefficient (Wildman–Crippen LogP) is 2.72. The lowest BCUT2D eigenvalue weighted by Crippen LogP contribution is -2.22. The first-order valence-corrected chi connectivity index (χ1v) is 6.47. The van der Waals surface area contributed by atoms with Crippen molar-refractivity contribution in [2.75, 3.05) is 0 Å². The molecule has 4 heteroatoms. The third-order valence-corrected chi connectivity index (χ3v) is 3.44. The molecule has 0 fully saturated rings. The molecule has 0 bridgehead atoms. The Balaban J connectivity index is 1.99. The SMILES string of the molecule is CCC(NCc1ccsc1)c1nccn1C. The molecule has 0 saturated carbocycles. The molecule has 0 saturated heterocycles. The third-order valence-electron chi connectivity index (χ3n) is 2.71. The van der Waals surface area contributed by atoms with Crippen LogP contribution in [0.25, 0.3) is 0 Å². The summed E-state index contributed by atoms with van der Waals surface area (Å²) in [4.78, 5) is 4.39. The Morgan fingerprint density at radius 2 is 2.44 bits per heavy atom. The lowest BCUT2D eigenvalue weighted by Gasteiger charge is -2.16. The van der Waals surface area contributed by atoms with Crippen LogP contribution < -0.4 is 5.32 Å². The first kappa shape index (κ1) is 11.4. The van der Waals surface area contributed by atoms with Gasteiger partial charge in [0.15, 0.2) is 0 Å². The molecule has 0 amide bonds. The van der Waals surface area contributed by atoms with Crippen molar-refractivity contribution in [3.8, 4) is 0 Å². The van der Waals surface area contributed by atoms with Gasteiger partial charge in [-0.3, -0.25) is 0 Å². The van der Waals surface area contributed by atoms with Gasteiger partial charge in [-0.25, -0.2) is 4.98 Å². The smallest absolute Gasteiger partial charge is 0.125 e. The van der Waals surface area contributed by atoms with Gasteiger partial charge in [-0.1, -0.05) is 6.92 Å². The van der Waals surface area contributed by atoms with Crippen molar-refractivity contribution < 1.29 is 0 Å². The normalized spacial score (nSPS) is 12.9. The van der Waals surface area contributed by atoms with Crippen LogP contribution in [0.15, 0.2) is 29.2 Å². The standard InChI is InChI=1S/C12H17N3S/c1-3-11(12-13-5-6-15(12)2)14-8-10-4-7-16-9-10/h4-7,9,11,14H,3,8H2,1-2H3. The Bertz CT molecular complexity index is 419. The third kappa shape index (κ3) is 2.51. The van der Waals surface area contributed by atoms with Crippen LogP contribution in [-0.2, 0) is 13.6 Å². The molecular formula is C12H17N3S. The molecule has 1 N–H and O–H groups in total. The van der Waals surface area contributed by atoms with Gasteiger partial charge in [0.25, 0.3) is 0 Å². The number of nitrogens with zero attached hydrogens (tertiary/aromatic N) is 2. The minimum Gasteiger partial charge on any atom is -0.337 e. The van der Waals surface area contributed by atoms with Crippen LogP contribution in [0.5, 0.6) is 0 Å². The number of aromatic nitrogens is 2. The van der Waals surface area contributed by atoms with E-state index in [1.54, 1.807) is 11.3 Å². The highest BCUT2D eigenvalue weighted by molar-refractivity contribution is 7.07. The maximum atomic E-state index is 4.39. The second kappa shape index (κ2) is 5.27. The lowest BCUT2D eigenvalue weighted by molar-refractivity contribution is 0.481. The summed E-state index contributed by atoms with van der Waals surface area (Å²) in [5.41, 5.74) is 1.35. The van der Waals surface area contributed by atoms with E-state index in [4.69, 9.17) is 0 Å². The zero-order valence-corrected chi connectivity index (χ0v) is 10.5. The Hall–Kier alpha value is -1.13. The largest absolute Gasteiger partial charge is 0.337 e. The van der Waals surface area contributed by atoms with E-state index in [9.17, 15) is 0 Å². The quantitative estimate of drug-likeness (QED) is 0.863. The minimum absolute atomic E-state index is 0.333. The summed E-state index contributed by atoms with van der Waals surface area (Å²) in [6.45, 7) is 3.09. The van der Waals surface area contributed by atoms with E-state index in [1.165, 1.54) is 5.56 Å². The van der Waals surface area contributed by atoms with Crippen LogP contribution in [0.3, 0.4) is 0 Å². The monoisotopic (exact) mass is 235 g/mol. The fourth-order valence-electron chi connectivity index (χ4n) is 1.77. The molecule has 0 aliphatic carbocycles. The van der Waals surface area contributed by atoms with Crippen molar-refractivity contribution >= 4 is 11.3 Å². The molecule has 2 aromatic heterocycles. The van der Waals surface area contributed by atoms with Crippen molar-refractivity contribution in [2.24, 2.45) is 7.05 Å². The highest BCUT2D eigenvalue weighted by Gasteiger charge is 2.12. The van der Waals surface area contributed by atoms with E-state index in [0.717, 1.165) is 18.8 Å². The van der Waals surface area contributed by atoms with Crippen LogP contribution >= 0.6 is 11.3 Å². The van der Waals surface area contributed by atoms with Crippen molar-refractivity contribution in [2.45, 2.75) is 25.9 Å². The average molecular weight is 235 g/mol. The molecule has 1 unspecified atom stereocenters. The van der Waals surface area contributed by atoms with Crippen LogP contribution in [0.2, 0.25) is 0 Å².